The number of guanidine groups is 1. The van der Waals surface area contributed by atoms with Crippen molar-refractivity contribution in [2.75, 3.05) is 26.2 Å². The van der Waals surface area contributed by atoms with Crippen LogP contribution in [-0.2, 0) is 11.3 Å². The Balaban J connectivity index is 0.00000341. The van der Waals surface area contributed by atoms with Crippen molar-refractivity contribution in [1.82, 2.24) is 15.5 Å². The summed E-state index contributed by atoms with van der Waals surface area (Å²) < 4.78 is 19.7. The van der Waals surface area contributed by atoms with Gasteiger partial charge in [-0.1, -0.05) is 30.3 Å². The molecular weight excluding hydrogens is 510 g/mol. The van der Waals surface area contributed by atoms with Crippen molar-refractivity contribution in [2.45, 2.75) is 32.7 Å². The van der Waals surface area contributed by atoms with Crippen molar-refractivity contribution in [2.24, 2.45) is 4.99 Å². The molecule has 1 aliphatic heterocycles. The summed E-state index contributed by atoms with van der Waals surface area (Å²) in [5, 5.41) is 6.53. The molecule has 6 nitrogen and oxygen atoms in total. The Labute approximate surface area is 200 Å². The van der Waals surface area contributed by atoms with Crippen molar-refractivity contribution >= 4 is 35.8 Å². The summed E-state index contributed by atoms with van der Waals surface area (Å²) in [4.78, 5) is 18.2. The van der Waals surface area contributed by atoms with Crippen molar-refractivity contribution < 1.29 is 13.9 Å². The summed E-state index contributed by atoms with van der Waals surface area (Å²) >= 11 is 0. The first-order chi connectivity index (χ1) is 14.7. The van der Waals surface area contributed by atoms with E-state index in [-0.39, 0.29) is 35.6 Å². The van der Waals surface area contributed by atoms with Gasteiger partial charge in [0, 0.05) is 38.2 Å². The Morgan fingerprint density at radius 2 is 1.87 bits per heavy atom. The highest BCUT2D eigenvalue weighted by atomic mass is 127. The van der Waals surface area contributed by atoms with E-state index in [0.29, 0.717) is 24.7 Å². The van der Waals surface area contributed by atoms with Crippen molar-refractivity contribution in [3.8, 4) is 11.5 Å². The normalized spacial score (nSPS) is 13.7. The molecule has 0 bridgehead atoms. The van der Waals surface area contributed by atoms with E-state index in [0.717, 1.165) is 44.6 Å². The van der Waals surface area contributed by atoms with E-state index in [1.165, 1.54) is 6.07 Å². The SMILES string of the molecule is CCNC(=NCc1ccccc1Oc1ccccc1F)NCCCN1CCCC1=O.I. The van der Waals surface area contributed by atoms with Crippen LogP contribution in [0.15, 0.2) is 53.5 Å². The van der Waals surface area contributed by atoms with Gasteiger partial charge in [-0.05, 0) is 38.0 Å². The number of carbonyl (C=O) groups excluding carboxylic acids is 1. The van der Waals surface area contributed by atoms with Crippen LogP contribution in [0.4, 0.5) is 4.39 Å². The van der Waals surface area contributed by atoms with Crippen LogP contribution in [0, 0.1) is 5.82 Å². The Morgan fingerprint density at radius 3 is 2.58 bits per heavy atom. The van der Waals surface area contributed by atoms with Crippen LogP contribution in [-0.4, -0.2) is 42.9 Å². The molecule has 0 spiro atoms. The summed E-state index contributed by atoms with van der Waals surface area (Å²) in [5.41, 5.74) is 0.862. The minimum absolute atomic E-state index is 0. The molecule has 2 N–H and O–H groups in total. The molecule has 1 amide bonds. The average molecular weight is 540 g/mol. The van der Waals surface area contributed by atoms with Crippen LogP contribution < -0.4 is 15.4 Å². The number of likely N-dealkylation sites (tertiary alicyclic amines) is 1. The summed E-state index contributed by atoms with van der Waals surface area (Å²) in [7, 11) is 0. The zero-order valence-electron chi connectivity index (χ0n) is 17.8. The molecule has 3 rings (SSSR count). The number of halogens is 2. The van der Waals surface area contributed by atoms with Gasteiger partial charge in [-0.3, -0.25) is 4.79 Å². The number of nitrogens with zero attached hydrogens (tertiary/aromatic N) is 2. The largest absolute Gasteiger partial charge is 0.454 e. The number of hydrogen-bond acceptors (Lipinski definition) is 3. The van der Waals surface area contributed by atoms with Gasteiger partial charge in [-0.2, -0.15) is 0 Å². The summed E-state index contributed by atoms with van der Waals surface area (Å²) in [6.07, 6.45) is 2.50. The van der Waals surface area contributed by atoms with Gasteiger partial charge in [-0.25, -0.2) is 9.38 Å². The highest BCUT2D eigenvalue weighted by molar-refractivity contribution is 14.0. The van der Waals surface area contributed by atoms with E-state index < -0.39 is 5.82 Å². The van der Waals surface area contributed by atoms with Gasteiger partial charge in [0.2, 0.25) is 5.91 Å². The molecular formula is C23H30FIN4O2. The number of benzene rings is 2. The Hall–Kier alpha value is -2.36. The maximum Gasteiger partial charge on any atom is 0.222 e. The maximum absolute atomic E-state index is 13.9. The fourth-order valence-corrected chi connectivity index (χ4v) is 3.30. The van der Waals surface area contributed by atoms with Gasteiger partial charge in [0.15, 0.2) is 17.5 Å². The number of para-hydroxylation sites is 2. The van der Waals surface area contributed by atoms with Crippen molar-refractivity contribution in [3.05, 3.63) is 59.9 Å². The molecule has 0 aliphatic carbocycles. The second-order valence-electron chi connectivity index (χ2n) is 7.10. The first-order valence-corrected chi connectivity index (χ1v) is 10.5. The van der Waals surface area contributed by atoms with E-state index in [4.69, 9.17) is 4.74 Å². The summed E-state index contributed by atoms with van der Waals surface area (Å²) in [5.74, 6) is 1.32. The topological polar surface area (TPSA) is 66.0 Å². The fourth-order valence-electron chi connectivity index (χ4n) is 3.30. The monoisotopic (exact) mass is 540 g/mol. The Morgan fingerprint density at radius 1 is 1.13 bits per heavy atom. The van der Waals surface area contributed by atoms with E-state index >= 15 is 0 Å². The van der Waals surface area contributed by atoms with Crippen molar-refractivity contribution in [1.29, 1.82) is 0 Å². The molecule has 1 saturated heterocycles. The molecule has 2 aromatic rings. The lowest BCUT2D eigenvalue weighted by molar-refractivity contribution is -0.127. The first-order valence-electron chi connectivity index (χ1n) is 10.5. The molecule has 0 atom stereocenters. The smallest absolute Gasteiger partial charge is 0.222 e. The molecule has 0 saturated carbocycles. The van der Waals surface area contributed by atoms with Gasteiger partial charge in [-0.15, -0.1) is 24.0 Å². The van der Waals surface area contributed by atoms with Crippen LogP contribution in [0.3, 0.4) is 0 Å². The van der Waals surface area contributed by atoms with Crippen LogP contribution in [0.25, 0.3) is 0 Å². The van der Waals surface area contributed by atoms with Crippen LogP contribution >= 0.6 is 24.0 Å². The molecule has 168 valence electrons. The zero-order chi connectivity index (χ0) is 21.2. The highest BCUT2D eigenvalue weighted by Gasteiger charge is 2.18. The predicted octanol–water partition coefficient (Wildman–Crippen LogP) is 4.30. The van der Waals surface area contributed by atoms with Gasteiger partial charge in [0.05, 0.1) is 6.54 Å². The third-order valence-electron chi connectivity index (χ3n) is 4.85. The summed E-state index contributed by atoms with van der Waals surface area (Å²) in [6, 6.07) is 13.8. The first kappa shape index (κ1) is 24.9. The second-order valence-corrected chi connectivity index (χ2v) is 7.10. The molecule has 1 aliphatic rings. The maximum atomic E-state index is 13.9. The molecule has 8 heteroatoms. The Bertz CT molecular complexity index is 878. The zero-order valence-corrected chi connectivity index (χ0v) is 20.1. The molecule has 31 heavy (non-hydrogen) atoms. The lowest BCUT2D eigenvalue weighted by atomic mass is 10.2. The molecule has 2 aromatic carbocycles. The number of amides is 1. The van der Waals surface area contributed by atoms with Crippen LogP contribution in [0.5, 0.6) is 11.5 Å². The average Bonchev–Trinajstić information content (AvgIpc) is 3.16. The van der Waals surface area contributed by atoms with E-state index in [9.17, 15) is 9.18 Å². The number of hydrogen-bond donors (Lipinski definition) is 2. The van der Waals surface area contributed by atoms with Crippen LogP contribution in [0.1, 0.15) is 31.7 Å². The second kappa shape index (κ2) is 13.1. The van der Waals surface area contributed by atoms with Gasteiger partial charge in [0.25, 0.3) is 0 Å². The fraction of sp³-hybridized carbons (Fsp3) is 0.391. The quantitative estimate of drug-likeness (QED) is 0.216. The number of rotatable bonds is 9. The Kier molecular flexibility index (Phi) is 10.6. The third kappa shape index (κ3) is 7.68. The third-order valence-corrected chi connectivity index (χ3v) is 4.85. The lowest BCUT2D eigenvalue weighted by Gasteiger charge is -2.16. The van der Waals surface area contributed by atoms with Crippen LogP contribution in [0.2, 0.25) is 0 Å². The van der Waals surface area contributed by atoms with E-state index in [1.54, 1.807) is 18.2 Å². The number of nitrogens with one attached hydrogen (secondary N) is 2. The molecule has 0 aromatic heterocycles. The van der Waals surface area contributed by atoms with Crippen molar-refractivity contribution in [3.63, 3.8) is 0 Å². The molecule has 1 fully saturated rings. The molecule has 0 unspecified atom stereocenters. The molecule has 0 radical (unpaired) electrons. The standard InChI is InChI=1S/C23H29FN4O2.HI/c1-2-25-23(26-14-8-16-28-15-7-13-22(28)29)27-17-18-9-3-5-11-20(18)30-21-12-6-4-10-19(21)24;/h3-6,9-12H,2,7-8,13-17H2,1H3,(H2,25,26,27);1H. The minimum atomic E-state index is -0.401. The van der Waals surface area contributed by atoms with Gasteiger partial charge >= 0.3 is 0 Å². The minimum Gasteiger partial charge on any atom is -0.454 e. The number of ether oxygens (including phenoxy) is 1. The molecule has 1 heterocycles. The van der Waals surface area contributed by atoms with E-state index in [2.05, 4.69) is 15.6 Å². The van der Waals surface area contributed by atoms with E-state index in [1.807, 2.05) is 36.1 Å². The van der Waals surface area contributed by atoms with Gasteiger partial charge < -0.3 is 20.3 Å². The summed E-state index contributed by atoms with van der Waals surface area (Å²) in [6.45, 7) is 5.50. The number of aliphatic imine (C=N–C) groups is 1. The lowest BCUT2D eigenvalue weighted by Crippen LogP contribution is -2.39. The predicted molar refractivity (Wildman–Crippen MR) is 132 cm³/mol. The highest BCUT2D eigenvalue weighted by Crippen LogP contribution is 2.27. The number of carbonyl (C=O) groups is 1. The van der Waals surface area contributed by atoms with Gasteiger partial charge in [0.1, 0.15) is 5.75 Å².